The van der Waals surface area contributed by atoms with Gasteiger partial charge in [0.05, 0.1) is 20.3 Å². The zero-order valence-corrected chi connectivity index (χ0v) is 15.7. The van der Waals surface area contributed by atoms with Gasteiger partial charge in [-0.2, -0.15) is 0 Å². The van der Waals surface area contributed by atoms with Crippen molar-refractivity contribution in [3.63, 3.8) is 0 Å². The SMILES string of the molecule is COc1ccc(CNC(=O)N[C@H](C)c2ccc3c(c2)OCCO3)cc1OC. The lowest BCUT2D eigenvalue weighted by atomic mass is 10.1. The number of carbonyl (C=O) groups excluding carboxylic acids is 1. The Morgan fingerprint density at radius 2 is 1.78 bits per heavy atom. The molecule has 0 fully saturated rings. The first-order valence-corrected chi connectivity index (χ1v) is 8.75. The average Bonchev–Trinajstić information content (AvgIpc) is 2.71. The van der Waals surface area contributed by atoms with Crippen LogP contribution in [-0.2, 0) is 6.54 Å². The maximum Gasteiger partial charge on any atom is 0.315 e. The van der Waals surface area contributed by atoms with Gasteiger partial charge < -0.3 is 29.6 Å². The van der Waals surface area contributed by atoms with Crippen molar-refractivity contribution in [2.24, 2.45) is 0 Å². The predicted molar refractivity (Wildman–Crippen MR) is 101 cm³/mol. The number of nitrogens with one attached hydrogen (secondary N) is 2. The lowest BCUT2D eigenvalue weighted by Crippen LogP contribution is -2.36. The molecule has 0 saturated heterocycles. The van der Waals surface area contributed by atoms with Crippen molar-refractivity contribution >= 4 is 6.03 Å². The number of urea groups is 1. The number of benzene rings is 2. The molecule has 1 aliphatic heterocycles. The fraction of sp³-hybridized carbons (Fsp3) is 0.350. The molecule has 3 rings (SSSR count). The summed E-state index contributed by atoms with van der Waals surface area (Å²) in [6, 6.07) is 10.8. The number of carbonyl (C=O) groups is 1. The second kappa shape index (κ2) is 8.53. The zero-order chi connectivity index (χ0) is 19.2. The molecule has 2 aromatic carbocycles. The Hall–Kier alpha value is -3.09. The summed E-state index contributed by atoms with van der Waals surface area (Å²) in [5, 5.41) is 5.77. The molecule has 144 valence electrons. The first-order valence-electron chi connectivity index (χ1n) is 8.75. The van der Waals surface area contributed by atoms with Gasteiger partial charge in [0, 0.05) is 6.54 Å². The average molecular weight is 372 g/mol. The summed E-state index contributed by atoms with van der Waals surface area (Å²) in [7, 11) is 3.17. The van der Waals surface area contributed by atoms with Crippen molar-refractivity contribution in [3.05, 3.63) is 47.5 Å². The highest BCUT2D eigenvalue weighted by Gasteiger charge is 2.16. The lowest BCUT2D eigenvalue weighted by Gasteiger charge is -2.21. The minimum atomic E-state index is -0.257. The molecule has 2 aromatic rings. The molecule has 7 nitrogen and oxygen atoms in total. The highest BCUT2D eigenvalue weighted by Crippen LogP contribution is 2.32. The molecule has 2 amide bonds. The number of fused-ring (bicyclic) bond motifs is 1. The van der Waals surface area contributed by atoms with Gasteiger partial charge in [0.1, 0.15) is 13.2 Å². The molecule has 2 N–H and O–H groups in total. The second-order valence-electron chi connectivity index (χ2n) is 6.14. The van der Waals surface area contributed by atoms with Gasteiger partial charge in [0.2, 0.25) is 0 Å². The van der Waals surface area contributed by atoms with E-state index in [0.29, 0.717) is 37.0 Å². The van der Waals surface area contributed by atoms with E-state index < -0.39 is 0 Å². The molecular formula is C20H24N2O5. The van der Waals surface area contributed by atoms with Gasteiger partial charge in [-0.3, -0.25) is 0 Å². The zero-order valence-electron chi connectivity index (χ0n) is 15.7. The van der Waals surface area contributed by atoms with Crippen LogP contribution >= 0.6 is 0 Å². The van der Waals surface area contributed by atoms with Gasteiger partial charge in [0.15, 0.2) is 23.0 Å². The third kappa shape index (κ3) is 4.55. The number of hydrogen-bond acceptors (Lipinski definition) is 5. The fourth-order valence-electron chi connectivity index (χ4n) is 2.83. The Morgan fingerprint density at radius 1 is 1.04 bits per heavy atom. The van der Waals surface area contributed by atoms with Crippen LogP contribution in [0.2, 0.25) is 0 Å². The maximum atomic E-state index is 12.2. The van der Waals surface area contributed by atoms with E-state index in [1.54, 1.807) is 14.2 Å². The van der Waals surface area contributed by atoms with Crippen LogP contribution in [0, 0.1) is 0 Å². The summed E-state index contributed by atoms with van der Waals surface area (Å²) < 4.78 is 21.6. The summed E-state index contributed by atoms with van der Waals surface area (Å²) in [5.74, 6) is 2.72. The number of hydrogen-bond donors (Lipinski definition) is 2. The number of methoxy groups -OCH3 is 2. The maximum absolute atomic E-state index is 12.2. The van der Waals surface area contributed by atoms with Crippen LogP contribution < -0.4 is 29.6 Å². The lowest BCUT2D eigenvalue weighted by molar-refractivity contribution is 0.171. The number of amides is 2. The van der Waals surface area contributed by atoms with Gasteiger partial charge in [-0.25, -0.2) is 4.79 Å². The van der Waals surface area contributed by atoms with Gasteiger partial charge in [0.25, 0.3) is 0 Å². The van der Waals surface area contributed by atoms with Crippen molar-refractivity contribution < 1.29 is 23.7 Å². The molecule has 1 heterocycles. The Morgan fingerprint density at radius 3 is 2.52 bits per heavy atom. The first kappa shape index (κ1) is 18.7. The molecule has 0 aromatic heterocycles. The molecule has 0 bridgehead atoms. The summed E-state index contributed by atoms with van der Waals surface area (Å²) in [6.07, 6.45) is 0. The van der Waals surface area contributed by atoms with Crippen molar-refractivity contribution in [2.45, 2.75) is 19.5 Å². The molecule has 0 radical (unpaired) electrons. The smallest absolute Gasteiger partial charge is 0.315 e. The Labute approximate surface area is 158 Å². The topological polar surface area (TPSA) is 78.1 Å². The van der Waals surface area contributed by atoms with Crippen LogP contribution in [-0.4, -0.2) is 33.5 Å². The van der Waals surface area contributed by atoms with E-state index in [9.17, 15) is 4.79 Å². The molecule has 27 heavy (non-hydrogen) atoms. The summed E-state index contributed by atoms with van der Waals surface area (Å²) in [6.45, 7) is 3.38. The van der Waals surface area contributed by atoms with Gasteiger partial charge in [-0.15, -0.1) is 0 Å². The summed E-state index contributed by atoms with van der Waals surface area (Å²) >= 11 is 0. The molecule has 0 unspecified atom stereocenters. The predicted octanol–water partition coefficient (Wildman–Crippen LogP) is 3.04. The van der Waals surface area contributed by atoms with Crippen LogP contribution in [0.1, 0.15) is 24.1 Å². The van der Waals surface area contributed by atoms with Crippen LogP contribution in [0.15, 0.2) is 36.4 Å². The van der Waals surface area contributed by atoms with E-state index in [0.717, 1.165) is 16.9 Å². The molecule has 0 saturated carbocycles. The number of ether oxygens (including phenoxy) is 4. The van der Waals surface area contributed by atoms with Gasteiger partial charge in [-0.1, -0.05) is 12.1 Å². The van der Waals surface area contributed by atoms with Gasteiger partial charge in [-0.05, 0) is 42.3 Å². The summed E-state index contributed by atoms with van der Waals surface area (Å²) in [5.41, 5.74) is 1.86. The standard InChI is InChI=1S/C20H24N2O5/c1-13(15-5-7-17-19(11-15)27-9-8-26-17)22-20(23)21-12-14-4-6-16(24-2)18(10-14)25-3/h4-7,10-11,13H,8-9,12H2,1-3H3,(H2,21,22,23)/t13-/m1/s1. The van der Waals surface area contributed by atoms with Crippen molar-refractivity contribution in [2.75, 3.05) is 27.4 Å². The molecule has 1 aliphatic rings. The minimum Gasteiger partial charge on any atom is -0.493 e. The quantitative estimate of drug-likeness (QED) is 0.815. The van der Waals surface area contributed by atoms with Crippen LogP contribution in [0.5, 0.6) is 23.0 Å². The van der Waals surface area contributed by atoms with E-state index in [-0.39, 0.29) is 12.1 Å². The van der Waals surface area contributed by atoms with Crippen LogP contribution in [0.3, 0.4) is 0 Å². The van der Waals surface area contributed by atoms with Crippen molar-refractivity contribution in [1.29, 1.82) is 0 Å². The minimum absolute atomic E-state index is 0.175. The third-order valence-electron chi connectivity index (χ3n) is 4.31. The summed E-state index contributed by atoms with van der Waals surface area (Å²) in [4.78, 5) is 12.2. The Balaban J connectivity index is 1.56. The molecule has 7 heteroatoms. The van der Waals surface area contributed by atoms with Crippen molar-refractivity contribution in [3.8, 4) is 23.0 Å². The van der Waals surface area contributed by atoms with Crippen molar-refractivity contribution in [1.82, 2.24) is 10.6 Å². The second-order valence-corrected chi connectivity index (χ2v) is 6.14. The highest BCUT2D eigenvalue weighted by atomic mass is 16.6. The Bertz CT molecular complexity index is 809. The van der Waals surface area contributed by atoms with Crippen LogP contribution in [0.4, 0.5) is 4.79 Å². The van der Waals surface area contributed by atoms with Crippen LogP contribution in [0.25, 0.3) is 0 Å². The molecule has 0 aliphatic carbocycles. The molecular weight excluding hydrogens is 348 g/mol. The number of rotatable bonds is 6. The Kier molecular flexibility index (Phi) is 5.90. The highest BCUT2D eigenvalue weighted by molar-refractivity contribution is 5.74. The first-order chi connectivity index (χ1) is 13.1. The normalized spacial score (nSPS) is 13.4. The fourth-order valence-corrected chi connectivity index (χ4v) is 2.83. The van der Waals surface area contributed by atoms with E-state index in [1.165, 1.54) is 0 Å². The van der Waals surface area contributed by atoms with E-state index >= 15 is 0 Å². The van der Waals surface area contributed by atoms with E-state index in [1.807, 2.05) is 43.3 Å². The van der Waals surface area contributed by atoms with E-state index in [2.05, 4.69) is 10.6 Å². The largest absolute Gasteiger partial charge is 0.493 e. The van der Waals surface area contributed by atoms with E-state index in [4.69, 9.17) is 18.9 Å². The molecule has 1 atom stereocenters. The monoisotopic (exact) mass is 372 g/mol. The van der Waals surface area contributed by atoms with Gasteiger partial charge >= 0.3 is 6.03 Å². The third-order valence-corrected chi connectivity index (χ3v) is 4.31. The molecule has 0 spiro atoms.